The topological polar surface area (TPSA) is 34.4 Å². The standard InChI is InChI=1S/C12H17NO2S/c1-2-9(1)13-5-10-3-4-11(15-10)8-16-12-6-14-7-12/h3-4,9,12-13H,1-2,5-8H2. The van der Waals surface area contributed by atoms with Crippen molar-refractivity contribution in [2.24, 2.45) is 0 Å². The van der Waals surface area contributed by atoms with Gasteiger partial charge in [0.25, 0.3) is 0 Å². The number of hydrogen-bond acceptors (Lipinski definition) is 4. The summed E-state index contributed by atoms with van der Waals surface area (Å²) in [6, 6.07) is 4.92. The van der Waals surface area contributed by atoms with Crippen LogP contribution in [0.5, 0.6) is 0 Å². The highest BCUT2D eigenvalue weighted by Crippen LogP contribution is 2.24. The number of rotatable bonds is 6. The molecule has 3 nitrogen and oxygen atoms in total. The van der Waals surface area contributed by atoms with Crippen molar-refractivity contribution in [3.05, 3.63) is 23.7 Å². The third-order valence-electron chi connectivity index (χ3n) is 2.93. The molecule has 1 aromatic heterocycles. The Hall–Kier alpha value is -0.450. The fraction of sp³-hybridized carbons (Fsp3) is 0.667. The smallest absolute Gasteiger partial charge is 0.118 e. The maximum atomic E-state index is 5.76. The molecule has 0 bridgehead atoms. The molecule has 1 saturated heterocycles. The second kappa shape index (κ2) is 4.82. The van der Waals surface area contributed by atoms with Crippen LogP contribution in [0.2, 0.25) is 0 Å². The lowest BCUT2D eigenvalue weighted by Crippen LogP contribution is -2.30. The largest absolute Gasteiger partial charge is 0.464 e. The minimum absolute atomic E-state index is 0.679. The van der Waals surface area contributed by atoms with E-state index in [-0.39, 0.29) is 0 Å². The second-order valence-corrected chi connectivity index (χ2v) is 5.78. The zero-order chi connectivity index (χ0) is 10.8. The zero-order valence-electron chi connectivity index (χ0n) is 9.28. The Morgan fingerprint density at radius 2 is 2.06 bits per heavy atom. The van der Waals surface area contributed by atoms with Crippen LogP contribution in [0, 0.1) is 0 Å². The van der Waals surface area contributed by atoms with Gasteiger partial charge in [-0.2, -0.15) is 0 Å². The highest BCUT2D eigenvalue weighted by Gasteiger charge is 2.21. The predicted octanol–water partition coefficient (Wildman–Crippen LogP) is 2.16. The lowest BCUT2D eigenvalue weighted by molar-refractivity contribution is 0.0454. The van der Waals surface area contributed by atoms with E-state index in [1.54, 1.807) is 0 Å². The molecule has 0 spiro atoms. The van der Waals surface area contributed by atoms with Crippen LogP contribution in [-0.4, -0.2) is 24.5 Å². The Morgan fingerprint density at radius 3 is 2.75 bits per heavy atom. The van der Waals surface area contributed by atoms with Gasteiger partial charge in [0.15, 0.2) is 0 Å². The monoisotopic (exact) mass is 239 g/mol. The molecule has 2 heterocycles. The molecular weight excluding hydrogens is 222 g/mol. The van der Waals surface area contributed by atoms with Crippen molar-refractivity contribution in [1.29, 1.82) is 0 Å². The van der Waals surface area contributed by atoms with Crippen LogP contribution >= 0.6 is 11.8 Å². The molecule has 2 fully saturated rings. The van der Waals surface area contributed by atoms with Gasteiger partial charge in [-0.3, -0.25) is 0 Å². The molecule has 1 N–H and O–H groups in total. The van der Waals surface area contributed by atoms with Crippen LogP contribution < -0.4 is 5.32 Å². The normalized spacial score (nSPS) is 21.0. The van der Waals surface area contributed by atoms with Crippen molar-refractivity contribution in [3.63, 3.8) is 0 Å². The van der Waals surface area contributed by atoms with Gasteiger partial charge in [-0.15, -0.1) is 11.8 Å². The number of thioether (sulfide) groups is 1. The molecule has 16 heavy (non-hydrogen) atoms. The molecule has 0 amide bonds. The molecule has 1 aliphatic heterocycles. The van der Waals surface area contributed by atoms with E-state index in [0.29, 0.717) is 5.25 Å². The minimum Gasteiger partial charge on any atom is -0.464 e. The van der Waals surface area contributed by atoms with E-state index in [1.807, 2.05) is 11.8 Å². The molecule has 4 heteroatoms. The maximum absolute atomic E-state index is 5.76. The van der Waals surface area contributed by atoms with Gasteiger partial charge in [-0.05, 0) is 25.0 Å². The summed E-state index contributed by atoms with van der Waals surface area (Å²) in [6.45, 7) is 2.69. The van der Waals surface area contributed by atoms with Gasteiger partial charge in [0.05, 0.1) is 30.8 Å². The Balaban J connectivity index is 1.43. The summed E-state index contributed by atoms with van der Waals surface area (Å²) in [5.41, 5.74) is 0. The van der Waals surface area contributed by atoms with Gasteiger partial charge >= 0.3 is 0 Å². The van der Waals surface area contributed by atoms with Gasteiger partial charge in [0, 0.05) is 6.04 Å². The summed E-state index contributed by atoms with van der Waals surface area (Å²) in [5.74, 6) is 3.12. The van der Waals surface area contributed by atoms with Crippen LogP contribution in [0.3, 0.4) is 0 Å². The first kappa shape index (κ1) is 10.7. The molecule has 0 unspecified atom stereocenters. The lowest BCUT2D eigenvalue weighted by atomic mass is 10.4. The Labute approximate surface area is 99.9 Å². The maximum Gasteiger partial charge on any atom is 0.118 e. The van der Waals surface area contributed by atoms with Crippen LogP contribution in [0.15, 0.2) is 16.5 Å². The number of nitrogens with one attached hydrogen (secondary N) is 1. The molecule has 88 valence electrons. The van der Waals surface area contributed by atoms with Crippen LogP contribution in [0.4, 0.5) is 0 Å². The Kier molecular flexibility index (Phi) is 3.22. The highest BCUT2D eigenvalue weighted by atomic mass is 32.2. The van der Waals surface area contributed by atoms with Crippen molar-refractivity contribution < 1.29 is 9.15 Å². The van der Waals surface area contributed by atoms with Crippen molar-refractivity contribution in [2.45, 2.75) is 36.4 Å². The molecule has 1 aromatic rings. The summed E-state index contributed by atoms with van der Waals surface area (Å²) in [4.78, 5) is 0. The van der Waals surface area contributed by atoms with Crippen molar-refractivity contribution in [3.8, 4) is 0 Å². The molecule has 2 aliphatic rings. The zero-order valence-corrected chi connectivity index (χ0v) is 10.1. The van der Waals surface area contributed by atoms with E-state index < -0.39 is 0 Å². The van der Waals surface area contributed by atoms with Crippen molar-refractivity contribution in [2.75, 3.05) is 13.2 Å². The van der Waals surface area contributed by atoms with Crippen LogP contribution in [0.25, 0.3) is 0 Å². The highest BCUT2D eigenvalue weighted by molar-refractivity contribution is 7.99. The van der Waals surface area contributed by atoms with Gasteiger partial charge in [0.2, 0.25) is 0 Å². The summed E-state index contributed by atoms with van der Waals surface area (Å²) in [7, 11) is 0. The van der Waals surface area contributed by atoms with Gasteiger partial charge in [0.1, 0.15) is 11.5 Å². The van der Waals surface area contributed by atoms with E-state index in [4.69, 9.17) is 9.15 Å². The first-order chi connectivity index (χ1) is 7.90. The minimum atomic E-state index is 0.679. The van der Waals surface area contributed by atoms with Crippen molar-refractivity contribution in [1.82, 2.24) is 5.32 Å². The first-order valence-corrected chi connectivity index (χ1v) is 6.95. The number of furan rings is 1. The Morgan fingerprint density at radius 1 is 1.25 bits per heavy atom. The van der Waals surface area contributed by atoms with Gasteiger partial charge in [-0.25, -0.2) is 0 Å². The third-order valence-corrected chi connectivity index (χ3v) is 4.12. The average Bonchev–Trinajstić information content (AvgIpc) is 2.94. The fourth-order valence-electron chi connectivity index (χ4n) is 1.64. The molecule has 3 rings (SSSR count). The molecule has 0 atom stereocenters. The van der Waals surface area contributed by atoms with E-state index in [1.165, 1.54) is 12.8 Å². The van der Waals surface area contributed by atoms with E-state index >= 15 is 0 Å². The summed E-state index contributed by atoms with van der Waals surface area (Å²) in [5, 5.41) is 4.13. The van der Waals surface area contributed by atoms with Gasteiger partial charge < -0.3 is 14.5 Å². The fourth-order valence-corrected chi connectivity index (χ4v) is 2.58. The summed E-state index contributed by atoms with van der Waals surface area (Å²) < 4.78 is 10.9. The van der Waals surface area contributed by atoms with Crippen LogP contribution in [0.1, 0.15) is 24.4 Å². The van der Waals surface area contributed by atoms with E-state index in [2.05, 4.69) is 17.4 Å². The molecular formula is C12H17NO2S. The van der Waals surface area contributed by atoms with E-state index in [0.717, 1.165) is 43.1 Å². The number of hydrogen-bond donors (Lipinski definition) is 1. The number of ether oxygens (including phenoxy) is 1. The molecule has 0 radical (unpaired) electrons. The Bertz CT molecular complexity index is 345. The van der Waals surface area contributed by atoms with Crippen LogP contribution in [-0.2, 0) is 17.0 Å². The predicted molar refractivity (Wildman–Crippen MR) is 64.5 cm³/mol. The SMILES string of the molecule is c1cc(CSC2COC2)oc1CNC1CC1. The molecule has 0 aromatic carbocycles. The van der Waals surface area contributed by atoms with E-state index in [9.17, 15) is 0 Å². The second-order valence-electron chi connectivity index (χ2n) is 4.49. The summed E-state index contributed by atoms with van der Waals surface area (Å²) >= 11 is 1.93. The average molecular weight is 239 g/mol. The lowest BCUT2D eigenvalue weighted by Gasteiger charge is -2.24. The molecule has 1 aliphatic carbocycles. The first-order valence-electron chi connectivity index (χ1n) is 5.90. The third kappa shape index (κ3) is 2.81. The quantitative estimate of drug-likeness (QED) is 0.825. The summed E-state index contributed by atoms with van der Waals surface area (Å²) in [6.07, 6.45) is 2.65. The van der Waals surface area contributed by atoms with Crippen molar-refractivity contribution >= 4 is 11.8 Å². The molecule has 1 saturated carbocycles. The van der Waals surface area contributed by atoms with Gasteiger partial charge in [-0.1, -0.05) is 0 Å².